The summed E-state index contributed by atoms with van der Waals surface area (Å²) in [5.41, 5.74) is 34.5. The molecule has 0 aromatic carbocycles. The third-order valence-electron chi connectivity index (χ3n) is 22.4. The Balaban J connectivity index is 0.000000129. The molecule has 21 heterocycles. The molecule has 30 atom stereocenters. The van der Waals surface area contributed by atoms with Crippen molar-refractivity contribution in [3.8, 4) is 0 Å². The van der Waals surface area contributed by atoms with Crippen molar-refractivity contribution >= 4 is 170 Å². The lowest BCUT2D eigenvalue weighted by Crippen LogP contribution is -2.41. The molecule has 0 saturated carbocycles. The number of H-pyrrole nitrogens is 3. The zero-order valence-corrected chi connectivity index (χ0v) is 74.8. The van der Waals surface area contributed by atoms with Crippen molar-refractivity contribution in [2.75, 3.05) is 68.3 Å². The molecule has 11 aliphatic heterocycles. The number of nitrogen functional groups attached to an aromatic ring is 5. The fraction of sp³-hybridized carbons (Fsp3) is 0.500. The minimum atomic E-state index is -5.14. The molecule has 21 rings (SSSR count). The largest absolute Gasteiger partial charge is 0.472 e. The van der Waals surface area contributed by atoms with Gasteiger partial charge in [0.2, 0.25) is 17.8 Å². The van der Waals surface area contributed by atoms with E-state index in [4.69, 9.17) is 153 Å². The first-order valence-electron chi connectivity index (χ1n) is 39.3. The number of phosphoric acid groups is 3. The number of ether oxygens (including phenoxy) is 6. The summed E-state index contributed by atoms with van der Waals surface area (Å²) < 4.78 is 209. The summed E-state index contributed by atoms with van der Waals surface area (Å²) in [6.07, 6.45) is -17.7. The number of nitrogens with one attached hydrogen (secondary N) is 3. The van der Waals surface area contributed by atoms with Gasteiger partial charge in [0, 0.05) is 43.3 Å². The Bertz CT molecular complexity index is 6560. The van der Waals surface area contributed by atoms with E-state index in [1.165, 1.54) is 57.2 Å². The predicted molar refractivity (Wildman–Crippen MR) is 452 cm³/mol. The van der Waals surface area contributed by atoms with Gasteiger partial charge in [0.05, 0.1) is 94.7 Å². The zero-order valence-electron chi connectivity index (χ0n) is 67.0. The lowest BCUT2D eigenvalue weighted by molar-refractivity contribution is -0.0774. The highest BCUT2D eigenvalue weighted by molar-refractivity contribution is 8.07. The molecule has 11 aliphatic rings. The first kappa shape index (κ1) is 93.5. The minimum Gasteiger partial charge on any atom is -0.401 e. The Labute approximate surface area is 753 Å². The molecule has 716 valence electrons. The number of anilines is 5. The Morgan fingerprint density at radius 2 is 0.805 bits per heavy atom. The molecule has 10 aromatic rings. The van der Waals surface area contributed by atoms with Gasteiger partial charge in [-0.2, -0.15) is 15.0 Å². The molecular weight excluding hydrogens is 1970 g/mol. The van der Waals surface area contributed by atoms with Gasteiger partial charge in [-0.1, -0.05) is 6.08 Å². The van der Waals surface area contributed by atoms with E-state index in [9.17, 15) is 57.4 Å². The SMILES string of the molecule is NC1=CC=NC2C1C=CN2[C@H]1C[C@@H]2OP(=O)(O)OC[C@@H]3C[C@@H](OP(O)(=S)OC[C@H]2O1)[C@H](n1cnc2c(=O)[nH]c(N)nc21)O3.Nc1nc2c(ncn2[C@@H]2O[C@@H]3COP(=O)(O)O[C@H]4[C@H](F)[C@H](n5cnc6c(N)ccnc65)O[C@@H]4COP(O)(=S)O[C@@H]2[C@@H]3F)c(=O)[nH]1.Nc1nc2c(ncn2[C@@H]2O[C@@H]3COP(=O)(O)O[C@H]4[C@H](F)[C@H](n5cnc6c(N)ccnc65)O[C@@H]4COP(O)(=S)O[C@@H]2[C@@H]3F)c(=O)[nH]1. The van der Waals surface area contributed by atoms with E-state index >= 15 is 17.6 Å². The molecule has 0 amide bonds. The van der Waals surface area contributed by atoms with Crippen LogP contribution in [0.5, 0.6) is 0 Å². The number of nitrogens with zero attached hydrogens (tertiary/aromatic N) is 17. The van der Waals surface area contributed by atoms with Crippen LogP contribution in [0.15, 0.2) is 99.6 Å². The number of alkyl halides is 4. The van der Waals surface area contributed by atoms with Crippen LogP contribution in [0.4, 0.5) is 46.8 Å². The highest BCUT2D eigenvalue weighted by Crippen LogP contribution is 2.59. The van der Waals surface area contributed by atoms with Crippen LogP contribution in [0, 0.1) is 5.92 Å². The van der Waals surface area contributed by atoms with Gasteiger partial charge in [-0.3, -0.25) is 93.4 Å². The normalized spacial score (nSPS) is 38.9. The number of phosphoric ester groups is 3. The van der Waals surface area contributed by atoms with Gasteiger partial charge in [-0.25, -0.2) is 66.1 Å². The second-order valence-electron chi connectivity index (χ2n) is 30.9. The maximum absolute atomic E-state index is 15.9. The Hall–Kier alpha value is -8.56. The molecule has 6 bridgehead atoms. The van der Waals surface area contributed by atoms with Gasteiger partial charge in [-0.05, 0) is 53.6 Å². The van der Waals surface area contributed by atoms with Crippen LogP contribution in [0.2, 0.25) is 0 Å². The van der Waals surface area contributed by atoms with Gasteiger partial charge < -0.3 is 115 Å². The van der Waals surface area contributed by atoms with Crippen LogP contribution in [-0.2, 0) is 132 Å². The number of halogens is 4. The fourth-order valence-corrected chi connectivity index (χ4v) is 23.6. The Morgan fingerprint density at radius 3 is 1.27 bits per heavy atom. The van der Waals surface area contributed by atoms with E-state index in [-0.39, 0.29) is 123 Å². The first-order chi connectivity index (χ1) is 63.1. The number of hydrogen-bond donors (Lipinski definition) is 15. The van der Waals surface area contributed by atoms with Crippen LogP contribution in [-0.4, -0.2) is 278 Å². The van der Waals surface area contributed by atoms with Crippen LogP contribution >= 0.6 is 43.6 Å². The predicted octanol–water partition coefficient (Wildman–Crippen LogP) is 0.606. The third kappa shape index (κ3) is 18.5. The number of fused-ring (bicyclic) bond motifs is 15. The van der Waals surface area contributed by atoms with E-state index in [2.05, 4.69) is 69.8 Å². The molecular formula is C64H74F4N26O30P6S3. The van der Waals surface area contributed by atoms with Gasteiger partial charge >= 0.3 is 43.6 Å². The van der Waals surface area contributed by atoms with Crippen molar-refractivity contribution < 1.29 is 143 Å². The summed E-state index contributed by atoms with van der Waals surface area (Å²) in [6.45, 7) is -16.7. The average Bonchev–Trinajstić information content (AvgIpc) is 1.61. The van der Waals surface area contributed by atoms with Gasteiger partial charge in [0.15, 0.2) is 101 Å². The minimum absolute atomic E-state index is 0.00522. The molecule has 133 heavy (non-hydrogen) atoms. The quantitative estimate of drug-likeness (QED) is 0.0801. The lowest BCUT2D eigenvalue weighted by Gasteiger charge is -2.32. The van der Waals surface area contributed by atoms with Crippen molar-refractivity contribution in [3.63, 3.8) is 0 Å². The molecule has 0 aliphatic carbocycles. The number of nitrogens with two attached hydrogens (primary N) is 6. The van der Waals surface area contributed by atoms with Crippen molar-refractivity contribution in [2.24, 2.45) is 16.6 Å². The van der Waals surface area contributed by atoms with E-state index < -0.39 is 222 Å². The number of pyridine rings is 2. The molecule has 69 heteroatoms. The van der Waals surface area contributed by atoms with Crippen molar-refractivity contribution in [2.45, 2.75) is 154 Å². The van der Waals surface area contributed by atoms with Crippen LogP contribution in [0.1, 0.15) is 44.0 Å². The smallest absolute Gasteiger partial charge is 0.401 e. The number of aromatic nitrogens is 18. The molecule has 0 spiro atoms. The number of rotatable bonds is 6. The number of dihydropyridines is 1. The summed E-state index contributed by atoms with van der Waals surface area (Å²) in [5.74, 6) is -0.858. The monoisotopic (exact) mass is 2040 g/mol. The molecule has 0 radical (unpaired) electrons. The van der Waals surface area contributed by atoms with Crippen LogP contribution in [0.3, 0.4) is 0 Å². The average molecular weight is 2050 g/mol. The topological polar surface area (TPSA) is 763 Å². The fourth-order valence-electron chi connectivity index (χ4n) is 16.4. The number of aromatic amines is 3. The maximum Gasteiger partial charge on any atom is 0.472 e. The maximum atomic E-state index is 15.9. The lowest BCUT2D eigenvalue weighted by atomic mass is 10.0. The summed E-state index contributed by atoms with van der Waals surface area (Å²) >= 11 is 15.6. The number of hydrogen-bond acceptors (Lipinski definition) is 45. The molecule has 8 unspecified atom stereocenters. The van der Waals surface area contributed by atoms with Gasteiger partial charge in [0.25, 0.3) is 16.7 Å². The molecule has 9 saturated heterocycles. The Kier molecular flexibility index (Phi) is 25.1. The zero-order chi connectivity index (χ0) is 93.8. The van der Waals surface area contributed by atoms with E-state index in [0.29, 0.717) is 5.70 Å². The molecule has 21 N–H and O–H groups in total. The van der Waals surface area contributed by atoms with E-state index in [1.54, 1.807) is 12.3 Å². The molecule has 9 fully saturated rings. The van der Waals surface area contributed by atoms with E-state index in [1.807, 2.05) is 17.2 Å². The molecule has 56 nitrogen and oxygen atoms in total. The van der Waals surface area contributed by atoms with Gasteiger partial charge in [-0.15, -0.1) is 0 Å². The summed E-state index contributed by atoms with van der Waals surface area (Å²) in [4.78, 5) is 156. The molecule has 10 aromatic heterocycles. The highest BCUT2D eigenvalue weighted by Gasteiger charge is 2.59. The number of allylic oxidation sites excluding steroid dienone is 1. The highest BCUT2D eigenvalue weighted by atomic mass is 32.5. The standard InChI is InChI=1S/C22H28N8O10P2S.2C21H23F2N9O10P2S/c23-12-1-3-25-18-11(12)2-4-29(18)16-6-13-15(38-16)8-36-42(34,43)40-14-5-10(7-35-41(32,33)39-13)37-21(14)30-9-26-17-19(30)27-22(24)28-20(17)31;2*22-10-8-3-37-43(34,35)41-14-9(40-19(11(14)23)31-5-27-12-7(24)1-2-26-16(12)31)4-38-44(36,45)42-15(10)20(39-8)32-6-28-13-17(32)29-21(25)30-18(13)33/h1-4,9-11,13-16,18,21H,5-8,23H2,(H,32,33)(H,34,43)(H3,24,27,28,31);2*1-2,5-6,8-11,14-15,19-20H,3-4H2,(H2,24,26)(H,34,35)(H,36,45)(H3,25,29,30,33)/t10-,11?,13-,14+,15+,16+,18?,21+,42?;2*8-,9-,10-,11+,14-,15-,19-,20-,44?/m011/s1. The second kappa shape index (κ2) is 35.8. The number of aliphatic imine (C=N–C) groups is 1. The van der Waals surface area contributed by atoms with Gasteiger partial charge in [0.1, 0.15) is 90.6 Å². The Morgan fingerprint density at radius 1 is 0.406 bits per heavy atom. The van der Waals surface area contributed by atoms with Crippen molar-refractivity contribution in [3.05, 3.63) is 111 Å². The van der Waals surface area contributed by atoms with E-state index in [0.717, 1.165) is 21.8 Å². The van der Waals surface area contributed by atoms with Crippen LogP contribution in [0.25, 0.3) is 55.8 Å². The second-order valence-corrected chi connectivity index (χ2v) is 43.5. The van der Waals surface area contributed by atoms with Crippen molar-refractivity contribution in [1.82, 2.24) is 92.5 Å². The third-order valence-corrected chi connectivity index (χ3v) is 30.1. The first-order valence-corrected chi connectivity index (χ1v) is 51.5. The summed E-state index contributed by atoms with van der Waals surface area (Å²) in [5, 5.41) is 0. The number of imidazole rings is 5. The summed E-state index contributed by atoms with van der Waals surface area (Å²) in [7, 11) is -14.9. The van der Waals surface area contributed by atoms with Crippen LogP contribution < -0.4 is 51.1 Å². The summed E-state index contributed by atoms with van der Waals surface area (Å²) in [6, 6.07) is 2.99. The van der Waals surface area contributed by atoms with Crippen molar-refractivity contribution in [1.29, 1.82) is 0 Å².